The molecule has 0 spiro atoms. The molecule has 0 aromatic heterocycles. The van der Waals surface area contributed by atoms with Crippen molar-refractivity contribution in [2.45, 2.75) is 6.42 Å². The van der Waals surface area contributed by atoms with Gasteiger partial charge >= 0.3 is 0 Å². The molecule has 18 heavy (non-hydrogen) atoms. The molecular formula is C10H13FN2O4S. The molecule has 0 aliphatic rings. The third-order valence-electron chi connectivity index (χ3n) is 2.09. The van der Waals surface area contributed by atoms with Crippen LogP contribution in [-0.2, 0) is 10.0 Å². The number of nitrogens with one attached hydrogen (secondary N) is 1. The van der Waals surface area contributed by atoms with Crippen molar-refractivity contribution in [1.82, 2.24) is 5.32 Å². The van der Waals surface area contributed by atoms with Gasteiger partial charge in [-0.25, -0.2) is 17.9 Å². The third-order valence-corrected chi connectivity index (χ3v) is 2.95. The van der Waals surface area contributed by atoms with Crippen LogP contribution in [0.1, 0.15) is 16.8 Å². The van der Waals surface area contributed by atoms with Crippen LogP contribution in [0.2, 0.25) is 0 Å². The lowest BCUT2D eigenvalue weighted by atomic mass is 10.2. The van der Waals surface area contributed by atoms with Gasteiger partial charge in [-0.2, -0.15) is 0 Å². The summed E-state index contributed by atoms with van der Waals surface area (Å²) in [5.41, 5.74) is -0.203. The van der Waals surface area contributed by atoms with Gasteiger partial charge in [-0.3, -0.25) is 4.79 Å². The van der Waals surface area contributed by atoms with Gasteiger partial charge in [0.1, 0.15) is 11.6 Å². The number of primary sulfonamides is 1. The van der Waals surface area contributed by atoms with Gasteiger partial charge in [0, 0.05) is 6.54 Å². The van der Waals surface area contributed by atoms with Crippen LogP contribution in [0.4, 0.5) is 4.39 Å². The molecule has 1 rings (SSSR count). The largest absolute Gasteiger partial charge is 0.507 e. The molecular weight excluding hydrogens is 263 g/mol. The fraction of sp³-hybridized carbons (Fsp3) is 0.300. The molecule has 0 atom stereocenters. The van der Waals surface area contributed by atoms with E-state index in [1.54, 1.807) is 0 Å². The number of phenols is 1. The lowest BCUT2D eigenvalue weighted by molar-refractivity contribution is 0.0950. The minimum absolute atomic E-state index is 0.0607. The van der Waals surface area contributed by atoms with Crippen molar-refractivity contribution in [3.63, 3.8) is 0 Å². The van der Waals surface area contributed by atoms with Crippen molar-refractivity contribution in [1.29, 1.82) is 0 Å². The van der Waals surface area contributed by atoms with E-state index in [1.165, 1.54) is 0 Å². The normalized spacial score (nSPS) is 11.2. The third kappa shape index (κ3) is 4.68. The molecule has 0 aliphatic heterocycles. The van der Waals surface area contributed by atoms with E-state index in [0.717, 1.165) is 18.2 Å². The van der Waals surface area contributed by atoms with Gasteiger partial charge in [-0.05, 0) is 24.6 Å². The number of phenolic OH excluding ortho intramolecular Hbond substituents is 1. The second kappa shape index (κ2) is 5.78. The maximum absolute atomic E-state index is 12.9. The highest BCUT2D eigenvalue weighted by Gasteiger charge is 2.12. The smallest absolute Gasteiger partial charge is 0.255 e. The summed E-state index contributed by atoms with van der Waals surface area (Å²) < 4.78 is 34.1. The number of benzene rings is 1. The Balaban J connectivity index is 2.53. The molecule has 1 aromatic rings. The number of sulfonamides is 1. The zero-order valence-electron chi connectivity index (χ0n) is 9.39. The van der Waals surface area contributed by atoms with Crippen LogP contribution < -0.4 is 10.5 Å². The summed E-state index contributed by atoms with van der Waals surface area (Å²) in [6.45, 7) is 0.0607. The van der Waals surface area contributed by atoms with Crippen LogP contribution in [0.5, 0.6) is 5.75 Å². The van der Waals surface area contributed by atoms with Crippen LogP contribution in [-0.4, -0.2) is 31.7 Å². The van der Waals surface area contributed by atoms with Gasteiger partial charge in [-0.15, -0.1) is 0 Å². The lowest BCUT2D eigenvalue weighted by Crippen LogP contribution is -2.27. The Kier molecular flexibility index (Phi) is 4.62. The van der Waals surface area contributed by atoms with E-state index < -0.39 is 21.7 Å². The first-order valence-corrected chi connectivity index (χ1v) is 6.78. The maximum Gasteiger partial charge on any atom is 0.255 e. The fourth-order valence-electron chi connectivity index (χ4n) is 1.26. The van der Waals surface area contributed by atoms with E-state index in [-0.39, 0.29) is 30.0 Å². The van der Waals surface area contributed by atoms with E-state index in [4.69, 9.17) is 5.14 Å². The summed E-state index contributed by atoms with van der Waals surface area (Å²) >= 11 is 0. The molecule has 4 N–H and O–H groups in total. The van der Waals surface area contributed by atoms with Crippen LogP contribution in [0.15, 0.2) is 18.2 Å². The number of nitrogens with two attached hydrogens (primary N) is 1. The summed E-state index contributed by atoms with van der Waals surface area (Å²) in [6, 6.07) is 2.98. The van der Waals surface area contributed by atoms with Crippen molar-refractivity contribution >= 4 is 15.9 Å². The van der Waals surface area contributed by atoms with Crippen LogP contribution in [0, 0.1) is 5.82 Å². The van der Waals surface area contributed by atoms with Crippen molar-refractivity contribution in [3.05, 3.63) is 29.6 Å². The summed E-state index contributed by atoms with van der Waals surface area (Å²) in [4.78, 5) is 11.5. The molecule has 1 aromatic carbocycles. The molecule has 0 aliphatic carbocycles. The Hall–Kier alpha value is -1.67. The number of carbonyl (C=O) groups is 1. The molecule has 8 heteroatoms. The van der Waals surface area contributed by atoms with E-state index in [0.29, 0.717) is 0 Å². The average Bonchev–Trinajstić information content (AvgIpc) is 2.26. The Morgan fingerprint density at radius 3 is 2.72 bits per heavy atom. The average molecular weight is 276 g/mol. The summed E-state index contributed by atoms with van der Waals surface area (Å²) in [6.07, 6.45) is 0.140. The number of rotatable bonds is 5. The van der Waals surface area contributed by atoms with Crippen LogP contribution in [0.25, 0.3) is 0 Å². The Labute approximate surface area is 104 Å². The highest BCUT2D eigenvalue weighted by atomic mass is 32.2. The molecule has 0 fully saturated rings. The Bertz CT molecular complexity index is 545. The topological polar surface area (TPSA) is 109 Å². The van der Waals surface area contributed by atoms with E-state index in [1.807, 2.05) is 0 Å². The number of halogens is 1. The SMILES string of the molecule is NS(=O)(=O)CCCNC(=O)c1cc(F)ccc1O. The molecule has 1 amide bonds. The van der Waals surface area contributed by atoms with Gasteiger partial charge in [0.15, 0.2) is 0 Å². The Morgan fingerprint density at radius 1 is 1.44 bits per heavy atom. The maximum atomic E-state index is 12.9. The predicted molar refractivity (Wildman–Crippen MR) is 63.0 cm³/mol. The van der Waals surface area contributed by atoms with E-state index >= 15 is 0 Å². The second-order valence-electron chi connectivity index (χ2n) is 3.64. The number of hydrogen-bond donors (Lipinski definition) is 3. The summed E-state index contributed by atoms with van der Waals surface area (Å²) in [7, 11) is -3.56. The fourth-order valence-corrected chi connectivity index (χ4v) is 1.81. The monoisotopic (exact) mass is 276 g/mol. The van der Waals surface area contributed by atoms with Crippen molar-refractivity contribution in [3.8, 4) is 5.75 Å². The van der Waals surface area contributed by atoms with E-state index in [2.05, 4.69) is 5.32 Å². The Morgan fingerprint density at radius 2 is 2.11 bits per heavy atom. The van der Waals surface area contributed by atoms with Crippen LogP contribution >= 0.6 is 0 Å². The number of amides is 1. The standard InChI is InChI=1S/C10H13FN2O4S/c11-7-2-3-9(14)8(6-7)10(15)13-4-1-5-18(12,16)17/h2-3,6,14H,1,4-5H2,(H,13,15)(H2,12,16,17). The zero-order chi connectivity index (χ0) is 13.8. The first kappa shape index (κ1) is 14.4. The molecule has 100 valence electrons. The van der Waals surface area contributed by atoms with Crippen molar-refractivity contribution in [2.24, 2.45) is 5.14 Å². The molecule has 0 radical (unpaired) electrons. The highest BCUT2D eigenvalue weighted by molar-refractivity contribution is 7.89. The quantitative estimate of drug-likeness (QED) is 0.654. The molecule has 6 nitrogen and oxygen atoms in total. The van der Waals surface area contributed by atoms with Gasteiger partial charge < -0.3 is 10.4 Å². The van der Waals surface area contributed by atoms with Crippen molar-refractivity contribution in [2.75, 3.05) is 12.3 Å². The van der Waals surface area contributed by atoms with Gasteiger partial charge in [0.05, 0.1) is 11.3 Å². The molecule has 0 saturated carbocycles. The minimum Gasteiger partial charge on any atom is -0.507 e. The molecule has 0 unspecified atom stereocenters. The first-order chi connectivity index (χ1) is 8.29. The summed E-state index contributed by atoms with van der Waals surface area (Å²) in [5.74, 6) is -1.94. The minimum atomic E-state index is -3.56. The van der Waals surface area contributed by atoms with Gasteiger partial charge in [0.2, 0.25) is 10.0 Å². The van der Waals surface area contributed by atoms with Gasteiger partial charge in [-0.1, -0.05) is 0 Å². The molecule has 0 bridgehead atoms. The zero-order valence-corrected chi connectivity index (χ0v) is 10.2. The number of hydrogen-bond acceptors (Lipinski definition) is 4. The van der Waals surface area contributed by atoms with Crippen LogP contribution in [0.3, 0.4) is 0 Å². The highest BCUT2D eigenvalue weighted by Crippen LogP contribution is 2.17. The van der Waals surface area contributed by atoms with E-state index in [9.17, 15) is 22.7 Å². The lowest BCUT2D eigenvalue weighted by Gasteiger charge is -2.06. The summed E-state index contributed by atoms with van der Waals surface area (Å²) in [5, 5.41) is 16.5. The first-order valence-electron chi connectivity index (χ1n) is 5.07. The van der Waals surface area contributed by atoms with Crippen molar-refractivity contribution < 1.29 is 22.7 Å². The molecule has 0 heterocycles. The van der Waals surface area contributed by atoms with Gasteiger partial charge in [0.25, 0.3) is 5.91 Å². The number of aromatic hydroxyl groups is 1. The number of carbonyl (C=O) groups excluding carboxylic acids is 1. The molecule has 0 saturated heterocycles. The predicted octanol–water partition coefficient (Wildman–Crippen LogP) is -0.0603. The second-order valence-corrected chi connectivity index (χ2v) is 5.37.